The van der Waals surface area contributed by atoms with E-state index in [0.717, 1.165) is 9.35 Å². The van der Waals surface area contributed by atoms with Crippen LogP contribution in [0, 0.1) is 19.7 Å². The molecule has 0 saturated carbocycles. The minimum atomic E-state index is -0.155. The first kappa shape index (κ1) is 13.7. The highest BCUT2D eigenvalue weighted by Gasteiger charge is 2.16. The summed E-state index contributed by atoms with van der Waals surface area (Å²) in [6, 6.07) is 7.55. The van der Waals surface area contributed by atoms with Gasteiger partial charge in [0.25, 0.3) is 0 Å². The fraction of sp³-hybridized carbons (Fsp3) is 0.286. The predicted octanol–water partition coefficient (Wildman–Crippen LogP) is 4.58. The highest BCUT2D eigenvalue weighted by Crippen LogP contribution is 2.34. The van der Waals surface area contributed by atoms with E-state index in [4.69, 9.17) is 0 Å². The van der Waals surface area contributed by atoms with Crippen LogP contribution in [0.3, 0.4) is 0 Å². The van der Waals surface area contributed by atoms with Gasteiger partial charge in [-0.1, -0.05) is 12.1 Å². The second-order valence-corrected chi connectivity index (χ2v) is 6.74. The van der Waals surface area contributed by atoms with Gasteiger partial charge in [0.2, 0.25) is 0 Å². The van der Waals surface area contributed by atoms with Crippen molar-refractivity contribution in [2.75, 3.05) is 7.05 Å². The van der Waals surface area contributed by atoms with E-state index in [1.54, 1.807) is 18.3 Å². The summed E-state index contributed by atoms with van der Waals surface area (Å²) in [5, 5.41) is 3.29. The van der Waals surface area contributed by atoms with Crippen LogP contribution in [0.15, 0.2) is 28.1 Å². The quantitative estimate of drug-likeness (QED) is 0.870. The van der Waals surface area contributed by atoms with Gasteiger partial charge >= 0.3 is 0 Å². The third kappa shape index (κ3) is 2.66. The Bertz CT molecular complexity index is 545. The Morgan fingerprint density at radius 3 is 2.44 bits per heavy atom. The number of nitrogens with one attached hydrogen (secondary N) is 1. The van der Waals surface area contributed by atoms with E-state index in [9.17, 15) is 4.39 Å². The first-order valence-corrected chi connectivity index (χ1v) is 7.33. The molecule has 1 heterocycles. The average molecular weight is 328 g/mol. The third-order valence-corrected chi connectivity index (χ3v) is 5.17. The zero-order valence-electron chi connectivity index (χ0n) is 10.6. The van der Waals surface area contributed by atoms with Crippen molar-refractivity contribution in [1.82, 2.24) is 5.32 Å². The van der Waals surface area contributed by atoms with E-state index in [1.165, 1.54) is 16.5 Å². The molecule has 1 nitrogen and oxygen atoms in total. The second-order valence-electron chi connectivity index (χ2n) is 4.34. The molecule has 18 heavy (non-hydrogen) atoms. The number of aryl methyl sites for hydroxylation is 2. The molecule has 0 aliphatic rings. The van der Waals surface area contributed by atoms with Gasteiger partial charge in [-0.3, -0.25) is 0 Å². The van der Waals surface area contributed by atoms with E-state index in [2.05, 4.69) is 34.2 Å². The number of halogens is 2. The monoisotopic (exact) mass is 327 g/mol. The summed E-state index contributed by atoms with van der Waals surface area (Å²) in [6.07, 6.45) is 0. The first-order valence-electron chi connectivity index (χ1n) is 5.72. The lowest BCUT2D eigenvalue weighted by Gasteiger charge is -2.15. The standard InChI is InChI=1S/C14H15BrFNS/c1-8-6-10(4-5-11(8)16)13(17-3)12-7-9(2)14(15)18-12/h4-7,13,17H,1-3H3. The second kappa shape index (κ2) is 5.51. The van der Waals surface area contributed by atoms with Crippen LogP contribution in [0.5, 0.6) is 0 Å². The highest BCUT2D eigenvalue weighted by molar-refractivity contribution is 9.11. The lowest BCUT2D eigenvalue weighted by Crippen LogP contribution is -2.16. The summed E-state index contributed by atoms with van der Waals surface area (Å²) in [5.41, 5.74) is 3.00. The molecule has 0 amide bonds. The van der Waals surface area contributed by atoms with Crippen LogP contribution in [0.25, 0.3) is 0 Å². The lowest BCUT2D eigenvalue weighted by atomic mass is 10.0. The fourth-order valence-electron chi connectivity index (χ4n) is 1.95. The normalized spacial score (nSPS) is 12.7. The molecule has 0 saturated heterocycles. The molecule has 1 N–H and O–H groups in total. The Morgan fingerprint density at radius 2 is 1.94 bits per heavy atom. The van der Waals surface area contributed by atoms with Gasteiger partial charge in [0.1, 0.15) is 5.82 Å². The number of benzene rings is 1. The highest BCUT2D eigenvalue weighted by atomic mass is 79.9. The molecular weight excluding hydrogens is 313 g/mol. The van der Waals surface area contributed by atoms with Crippen molar-refractivity contribution in [3.05, 3.63) is 55.4 Å². The fourth-order valence-corrected chi connectivity index (χ4v) is 3.66. The van der Waals surface area contributed by atoms with Crippen LogP contribution < -0.4 is 5.32 Å². The Balaban J connectivity index is 2.41. The topological polar surface area (TPSA) is 12.0 Å². The van der Waals surface area contributed by atoms with Crippen molar-refractivity contribution in [2.24, 2.45) is 0 Å². The van der Waals surface area contributed by atoms with Gasteiger partial charge in [0, 0.05) is 4.88 Å². The van der Waals surface area contributed by atoms with Crippen LogP contribution in [0.1, 0.15) is 27.6 Å². The summed E-state index contributed by atoms with van der Waals surface area (Å²) in [6.45, 7) is 3.87. The average Bonchev–Trinajstić information content (AvgIpc) is 2.65. The zero-order valence-corrected chi connectivity index (χ0v) is 13.0. The van der Waals surface area contributed by atoms with Gasteiger partial charge in [-0.05, 0) is 65.6 Å². The van der Waals surface area contributed by atoms with Crippen molar-refractivity contribution in [1.29, 1.82) is 0 Å². The van der Waals surface area contributed by atoms with Crippen molar-refractivity contribution in [3.8, 4) is 0 Å². The maximum atomic E-state index is 13.3. The molecule has 0 aliphatic carbocycles. The third-order valence-electron chi connectivity index (χ3n) is 2.96. The Morgan fingerprint density at radius 1 is 1.22 bits per heavy atom. The molecule has 0 spiro atoms. The molecule has 96 valence electrons. The summed E-state index contributed by atoms with van der Waals surface area (Å²) in [5.74, 6) is -0.155. The Kier molecular flexibility index (Phi) is 4.20. The van der Waals surface area contributed by atoms with Gasteiger partial charge in [-0.15, -0.1) is 11.3 Å². The Hall–Kier alpha value is -0.710. The molecule has 1 unspecified atom stereocenters. The molecule has 0 aliphatic heterocycles. The smallest absolute Gasteiger partial charge is 0.126 e. The van der Waals surface area contributed by atoms with E-state index < -0.39 is 0 Å². The maximum Gasteiger partial charge on any atom is 0.126 e. The summed E-state index contributed by atoms with van der Waals surface area (Å²) >= 11 is 5.26. The van der Waals surface area contributed by atoms with Crippen LogP contribution >= 0.6 is 27.3 Å². The maximum absolute atomic E-state index is 13.3. The molecule has 1 atom stereocenters. The first-order chi connectivity index (χ1) is 8.52. The SMILES string of the molecule is CNC(c1ccc(F)c(C)c1)c1cc(C)c(Br)s1. The molecule has 4 heteroatoms. The molecule has 0 radical (unpaired) electrons. The molecule has 1 aromatic heterocycles. The summed E-state index contributed by atoms with van der Waals surface area (Å²) < 4.78 is 14.5. The van der Waals surface area contributed by atoms with Crippen molar-refractivity contribution < 1.29 is 4.39 Å². The largest absolute Gasteiger partial charge is 0.309 e. The van der Waals surface area contributed by atoms with Gasteiger partial charge in [-0.25, -0.2) is 4.39 Å². The molecule has 2 rings (SSSR count). The summed E-state index contributed by atoms with van der Waals surface area (Å²) in [4.78, 5) is 1.23. The van der Waals surface area contributed by atoms with Crippen molar-refractivity contribution >= 4 is 27.3 Å². The van der Waals surface area contributed by atoms with Crippen LogP contribution in [-0.4, -0.2) is 7.05 Å². The molecule has 0 bridgehead atoms. The number of hydrogen-bond donors (Lipinski definition) is 1. The van der Waals surface area contributed by atoms with E-state index in [1.807, 2.05) is 19.2 Å². The minimum Gasteiger partial charge on any atom is -0.309 e. The number of thiophene rings is 1. The van der Waals surface area contributed by atoms with Gasteiger partial charge in [0.15, 0.2) is 0 Å². The summed E-state index contributed by atoms with van der Waals surface area (Å²) in [7, 11) is 1.92. The van der Waals surface area contributed by atoms with Gasteiger partial charge in [0.05, 0.1) is 9.83 Å². The molecule has 1 aromatic carbocycles. The van der Waals surface area contributed by atoms with E-state index >= 15 is 0 Å². The Labute approximate surface area is 119 Å². The van der Waals surface area contributed by atoms with Crippen LogP contribution in [0.2, 0.25) is 0 Å². The van der Waals surface area contributed by atoms with Gasteiger partial charge < -0.3 is 5.32 Å². The van der Waals surface area contributed by atoms with E-state index in [0.29, 0.717) is 5.56 Å². The van der Waals surface area contributed by atoms with E-state index in [-0.39, 0.29) is 11.9 Å². The molecular formula is C14H15BrFNS. The zero-order chi connectivity index (χ0) is 13.3. The lowest BCUT2D eigenvalue weighted by molar-refractivity contribution is 0.614. The minimum absolute atomic E-state index is 0.110. The molecule has 2 aromatic rings. The van der Waals surface area contributed by atoms with Gasteiger partial charge in [-0.2, -0.15) is 0 Å². The van der Waals surface area contributed by atoms with Crippen LogP contribution in [-0.2, 0) is 0 Å². The van der Waals surface area contributed by atoms with Crippen molar-refractivity contribution in [2.45, 2.75) is 19.9 Å². The molecule has 0 fully saturated rings. The van der Waals surface area contributed by atoms with Crippen molar-refractivity contribution in [3.63, 3.8) is 0 Å². The predicted molar refractivity (Wildman–Crippen MR) is 78.8 cm³/mol. The number of hydrogen-bond acceptors (Lipinski definition) is 2. The number of rotatable bonds is 3. The van der Waals surface area contributed by atoms with Crippen LogP contribution in [0.4, 0.5) is 4.39 Å².